The van der Waals surface area contributed by atoms with Crippen LogP contribution in [0.5, 0.6) is 0 Å². The van der Waals surface area contributed by atoms with Gasteiger partial charge in [0.05, 0.1) is 17.6 Å². The Bertz CT molecular complexity index is 1050. The highest BCUT2D eigenvalue weighted by atomic mass is 79.9. The molecule has 0 unspecified atom stereocenters. The number of primary sulfonamides is 1. The molecule has 1 aromatic carbocycles. The van der Waals surface area contributed by atoms with Crippen LogP contribution in [0.15, 0.2) is 58.2 Å². The van der Waals surface area contributed by atoms with Gasteiger partial charge in [0.1, 0.15) is 0 Å². The zero-order chi connectivity index (χ0) is 19.1. The maximum absolute atomic E-state index is 13.1. The molecule has 3 aromatic rings. The van der Waals surface area contributed by atoms with E-state index in [4.69, 9.17) is 5.14 Å². The van der Waals surface area contributed by atoms with E-state index < -0.39 is 26.9 Å². The Morgan fingerprint density at radius 3 is 2.23 bits per heavy atom. The molecule has 0 amide bonds. The lowest BCUT2D eigenvalue weighted by molar-refractivity contribution is -0.141. The Balaban J connectivity index is 2.16. The van der Waals surface area contributed by atoms with Crippen LogP contribution in [0, 0.1) is 0 Å². The highest BCUT2D eigenvalue weighted by Gasteiger charge is 2.35. The van der Waals surface area contributed by atoms with Crippen molar-refractivity contribution in [1.82, 2.24) is 14.8 Å². The van der Waals surface area contributed by atoms with E-state index in [1.807, 2.05) is 0 Å². The van der Waals surface area contributed by atoms with Crippen LogP contribution in [0.2, 0.25) is 0 Å². The number of nitrogens with two attached hydrogens (primary N) is 1. The normalized spacial score (nSPS) is 12.3. The minimum atomic E-state index is -4.64. The molecule has 0 radical (unpaired) electrons. The van der Waals surface area contributed by atoms with Gasteiger partial charge in [0.2, 0.25) is 0 Å². The molecule has 11 heteroatoms. The monoisotopic (exact) mass is 446 g/mol. The van der Waals surface area contributed by atoms with E-state index in [0.717, 1.165) is 27.5 Å². The van der Waals surface area contributed by atoms with Crippen molar-refractivity contribution in [1.29, 1.82) is 0 Å². The summed E-state index contributed by atoms with van der Waals surface area (Å²) in [5.41, 5.74) is -0.251. The van der Waals surface area contributed by atoms with Crippen molar-refractivity contribution < 1.29 is 21.6 Å². The van der Waals surface area contributed by atoms with Crippen LogP contribution < -0.4 is 5.14 Å². The molecule has 136 valence electrons. The minimum Gasteiger partial charge on any atom is -0.241 e. The van der Waals surface area contributed by atoms with Crippen LogP contribution in [-0.4, -0.2) is 23.2 Å². The molecule has 0 aliphatic rings. The van der Waals surface area contributed by atoms with Crippen LogP contribution in [0.4, 0.5) is 13.2 Å². The van der Waals surface area contributed by atoms with E-state index in [-0.39, 0.29) is 11.4 Å². The van der Waals surface area contributed by atoms with Gasteiger partial charge in [-0.2, -0.15) is 18.3 Å². The van der Waals surface area contributed by atoms with Crippen molar-refractivity contribution in [2.75, 3.05) is 0 Å². The number of aromatic nitrogens is 3. The minimum absolute atomic E-state index is 0.158. The Morgan fingerprint density at radius 1 is 1.08 bits per heavy atom. The average molecular weight is 447 g/mol. The van der Waals surface area contributed by atoms with Crippen molar-refractivity contribution >= 4 is 26.0 Å². The summed E-state index contributed by atoms with van der Waals surface area (Å²) in [5.74, 6) is 0. The zero-order valence-electron chi connectivity index (χ0n) is 12.8. The van der Waals surface area contributed by atoms with Gasteiger partial charge in [-0.05, 0) is 30.3 Å². The van der Waals surface area contributed by atoms with E-state index in [2.05, 4.69) is 26.0 Å². The Morgan fingerprint density at radius 2 is 1.73 bits per heavy atom. The number of alkyl halides is 3. The number of sulfonamides is 1. The standard InChI is InChI=1S/C15H10BrF3N4O2S/c16-10-3-1-9(2-4-10)12-7-13(15(17,18)19)22-23(12)11-5-6-14(21-8-11)26(20,24)25/h1-8H,(H2,20,24,25). The van der Waals surface area contributed by atoms with Crippen molar-refractivity contribution in [3.05, 3.63) is 58.8 Å². The van der Waals surface area contributed by atoms with Gasteiger partial charge < -0.3 is 0 Å². The third-order valence-electron chi connectivity index (χ3n) is 3.40. The van der Waals surface area contributed by atoms with Gasteiger partial charge in [-0.3, -0.25) is 0 Å². The molecule has 2 aromatic heterocycles. The summed E-state index contributed by atoms with van der Waals surface area (Å²) < 4.78 is 63.7. The van der Waals surface area contributed by atoms with Gasteiger partial charge in [0.15, 0.2) is 10.7 Å². The van der Waals surface area contributed by atoms with E-state index in [1.165, 1.54) is 6.07 Å². The number of hydrogen-bond acceptors (Lipinski definition) is 4. The van der Waals surface area contributed by atoms with Crippen molar-refractivity contribution in [3.8, 4) is 16.9 Å². The number of benzene rings is 1. The molecular weight excluding hydrogens is 437 g/mol. The second kappa shape index (κ2) is 6.49. The van der Waals surface area contributed by atoms with Crippen LogP contribution in [0.1, 0.15) is 5.69 Å². The first kappa shape index (κ1) is 18.5. The van der Waals surface area contributed by atoms with Gasteiger partial charge in [-0.15, -0.1) is 0 Å². The van der Waals surface area contributed by atoms with E-state index >= 15 is 0 Å². The number of rotatable bonds is 3. The molecule has 0 fully saturated rings. The summed E-state index contributed by atoms with van der Waals surface area (Å²) in [4.78, 5) is 3.68. The molecule has 2 heterocycles. The molecule has 2 N–H and O–H groups in total. The van der Waals surface area contributed by atoms with Crippen molar-refractivity contribution in [2.45, 2.75) is 11.2 Å². The fourth-order valence-corrected chi connectivity index (χ4v) is 2.93. The van der Waals surface area contributed by atoms with E-state index in [0.29, 0.717) is 5.56 Å². The first-order valence-corrected chi connectivity index (χ1v) is 9.32. The Kier molecular flexibility index (Phi) is 4.63. The highest BCUT2D eigenvalue weighted by molar-refractivity contribution is 9.10. The van der Waals surface area contributed by atoms with Crippen LogP contribution in [-0.2, 0) is 16.2 Å². The topological polar surface area (TPSA) is 90.9 Å². The molecular formula is C15H10BrF3N4O2S. The lowest BCUT2D eigenvalue weighted by Gasteiger charge is -2.08. The fraction of sp³-hybridized carbons (Fsp3) is 0.0667. The maximum Gasteiger partial charge on any atom is 0.435 e. The molecule has 3 rings (SSSR count). The van der Waals surface area contributed by atoms with Crippen molar-refractivity contribution in [2.24, 2.45) is 5.14 Å². The predicted octanol–water partition coefficient (Wildman–Crippen LogP) is 3.36. The summed E-state index contributed by atoms with van der Waals surface area (Å²) in [6.07, 6.45) is -3.54. The summed E-state index contributed by atoms with van der Waals surface area (Å²) >= 11 is 3.26. The third-order valence-corrected chi connectivity index (χ3v) is 4.75. The summed E-state index contributed by atoms with van der Waals surface area (Å²) in [6.45, 7) is 0. The summed E-state index contributed by atoms with van der Waals surface area (Å²) in [6, 6.07) is 9.92. The molecule has 0 atom stereocenters. The largest absolute Gasteiger partial charge is 0.435 e. The van der Waals surface area contributed by atoms with Gasteiger partial charge in [0, 0.05) is 10.0 Å². The van der Waals surface area contributed by atoms with Crippen LogP contribution >= 0.6 is 15.9 Å². The molecule has 0 saturated carbocycles. The zero-order valence-corrected chi connectivity index (χ0v) is 15.2. The Hall–Kier alpha value is -2.24. The molecule has 0 aliphatic heterocycles. The number of hydrogen-bond donors (Lipinski definition) is 1. The predicted molar refractivity (Wildman–Crippen MR) is 90.9 cm³/mol. The smallest absolute Gasteiger partial charge is 0.241 e. The second-order valence-electron chi connectivity index (χ2n) is 5.23. The van der Waals surface area contributed by atoms with Gasteiger partial charge in [-0.25, -0.2) is 23.2 Å². The maximum atomic E-state index is 13.1. The third kappa shape index (κ3) is 3.79. The number of halogens is 4. The lowest BCUT2D eigenvalue weighted by Crippen LogP contribution is -2.14. The summed E-state index contributed by atoms with van der Waals surface area (Å²) in [5, 5.41) is 8.18. The van der Waals surface area contributed by atoms with Gasteiger partial charge >= 0.3 is 6.18 Å². The molecule has 0 aliphatic carbocycles. The number of pyridine rings is 1. The van der Waals surface area contributed by atoms with Crippen LogP contribution in [0.3, 0.4) is 0 Å². The van der Waals surface area contributed by atoms with E-state index in [1.54, 1.807) is 24.3 Å². The van der Waals surface area contributed by atoms with E-state index in [9.17, 15) is 21.6 Å². The summed E-state index contributed by atoms with van der Waals surface area (Å²) in [7, 11) is -4.01. The van der Waals surface area contributed by atoms with Gasteiger partial charge in [0.25, 0.3) is 10.0 Å². The van der Waals surface area contributed by atoms with Crippen molar-refractivity contribution in [3.63, 3.8) is 0 Å². The fourth-order valence-electron chi connectivity index (χ4n) is 2.21. The molecule has 0 spiro atoms. The molecule has 26 heavy (non-hydrogen) atoms. The highest BCUT2D eigenvalue weighted by Crippen LogP contribution is 2.33. The second-order valence-corrected chi connectivity index (χ2v) is 7.65. The number of nitrogens with zero attached hydrogens (tertiary/aromatic N) is 3. The SMILES string of the molecule is NS(=O)(=O)c1ccc(-n2nc(C(F)(F)F)cc2-c2ccc(Br)cc2)cn1. The van der Waals surface area contributed by atoms with Crippen LogP contribution in [0.25, 0.3) is 16.9 Å². The molecule has 0 bridgehead atoms. The molecule has 6 nitrogen and oxygen atoms in total. The average Bonchev–Trinajstić information content (AvgIpc) is 3.00. The lowest BCUT2D eigenvalue weighted by atomic mass is 10.1. The Labute approximate surface area is 154 Å². The van der Waals surface area contributed by atoms with Gasteiger partial charge in [-0.1, -0.05) is 28.1 Å². The first-order valence-electron chi connectivity index (χ1n) is 6.98. The first-order chi connectivity index (χ1) is 12.1. The quantitative estimate of drug-likeness (QED) is 0.667. The molecule has 0 saturated heterocycles.